The second kappa shape index (κ2) is 10.5. The molecule has 6 nitrogen and oxygen atoms in total. The summed E-state index contributed by atoms with van der Waals surface area (Å²) >= 11 is 3.48. The van der Waals surface area contributed by atoms with Gasteiger partial charge in [-0.05, 0) is 51.1 Å². The van der Waals surface area contributed by atoms with Gasteiger partial charge < -0.3 is 14.0 Å². The second-order valence-electron chi connectivity index (χ2n) is 8.54. The van der Waals surface area contributed by atoms with Crippen molar-refractivity contribution in [3.05, 3.63) is 87.7 Å². The minimum atomic E-state index is -0.560. The number of carbonyl (C=O) groups excluding carboxylic acids is 2. The molecule has 0 radical (unpaired) electrons. The summed E-state index contributed by atoms with van der Waals surface area (Å²) in [5.41, 5.74) is 4.91. The SMILES string of the molecule is COCC(C)n1c(C)cc(C(=O)COC(=O)c2cc(-c3cccc(Br)c3)nc3ccccc23)c1C. The minimum absolute atomic E-state index is 0.0868. The first kappa shape index (κ1) is 24.8. The number of hydrogen-bond acceptors (Lipinski definition) is 5. The van der Waals surface area contributed by atoms with Crippen LogP contribution in [-0.2, 0) is 9.47 Å². The Hall–Kier alpha value is -3.29. The van der Waals surface area contributed by atoms with E-state index in [2.05, 4.69) is 20.5 Å². The molecule has 0 N–H and O–H groups in total. The number of rotatable bonds is 8. The van der Waals surface area contributed by atoms with Crippen LogP contribution >= 0.6 is 15.9 Å². The number of ether oxygens (including phenoxy) is 2. The van der Waals surface area contributed by atoms with E-state index >= 15 is 0 Å². The summed E-state index contributed by atoms with van der Waals surface area (Å²) in [6.07, 6.45) is 0. The summed E-state index contributed by atoms with van der Waals surface area (Å²) in [5.74, 6) is -0.803. The van der Waals surface area contributed by atoms with Gasteiger partial charge in [0.1, 0.15) is 0 Å². The Labute approximate surface area is 213 Å². The number of carbonyl (C=O) groups is 2. The van der Waals surface area contributed by atoms with Crippen LogP contribution in [0.1, 0.15) is 45.1 Å². The average Bonchev–Trinajstić information content (AvgIpc) is 3.15. The molecule has 0 fully saturated rings. The summed E-state index contributed by atoms with van der Waals surface area (Å²) in [5, 5.41) is 0.676. The summed E-state index contributed by atoms with van der Waals surface area (Å²) in [4.78, 5) is 30.9. The maximum absolute atomic E-state index is 13.2. The van der Waals surface area contributed by atoms with Gasteiger partial charge in [0.25, 0.3) is 0 Å². The first-order valence-electron chi connectivity index (χ1n) is 11.3. The van der Waals surface area contributed by atoms with E-state index in [-0.39, 0.29) is 18.4 Å². The van der Waals surface area contributed by atoms with Crippen LogP contribution in [0, 0.1) is 13.8 Å². The molecule has 0 amide bonds. The van der Waals surface area contributed by atoms with Crippen molar-refractivity contribution in [1.82, 2.24) is 9.55 Å². The van der Waals surface area contributed by atoms with Crippen molar-refractivity contribution in [3.8, 4) is 11.3 Å². The normalized spacial score (nSPS) is 12.0. The summed E-state index contributed by atoms with van der Waals surface area (Å²) in [7, 11) is 1.65. The number of aromatic nitrogens is 2. The lowest BCUT2D eigenvalue weighted by molar-refractivity contribution is 0.0476. The second-order valence-corrected chi connectivity index (χ2v) is 9.46. The number of aryl methyl sites for hydroxylation is 1. The van der Waals surface area contributed by atoms with E-state index < -0.39 is 5.97 Å². The number of ketones is 1. The Morgan fingerprint density at radius 3 is 2.54 bits per heavy atom. The molecule has 4 aromatic rings. The van der Waals surface area contributed by atoms with E-state index in [1.807, 2.05) is 75.4 Å². The molecule has 2 aromatic heterocycles. The van der Waals surface area contributed by atoms with Gasteiger partial charge in [-0.15, -0.1) is 0 Å². The van der Waals surface area contributed by atoms with Crippen molar-refractivity contribution in [2.24, 2.45) is 0 Å². The molecule has 0 saturated carbocycles. The predicted molar refractivity (Wildman–Crippen MR) is 140 cm³/mol. The van der Waals surface area contributed by atoms with Crippen LogP contribution in [0.4, 0.5) is 0 Å². The van der Waals surface area contributed by atoms with Crippen LogP contribution in [0.25, 0.3) is 22.2 Å². The highest BCUT2D eigenvalue weighted by atomic mass is 79.9. The van der Waals surface area contributed by atoms with E-state index in [1.165, 1.54) is 0 Å². The molecule has 0 aliphatic rings. The lowest BCUT2D eigenvalue weighted by Crippen LogP contribution is -2.17. The molecule has 0 saturated heterocycles. The van der Waals surface area contributed by atoms with E-state index in [0.717, 1.165) is 21.4 Å². The predicted octanol–water partition coefficient (Wildman–Crippen LogP) is 6.33. The summed E-state index contributed by atoms with van der Waals surface area (Å²) < 4.78 is 13.8. The molecule has 0 aliphatic heterocycles. The molecular weight excluding hydrogens is 508 g/mol. The van der Waals surface area contributed by atoms with Crippen molar-refractivity contribution >= 4 is 38.6 Å². The van der Waals surface area contributed by atoms with Crippen molar-refractivity contribution in [1.29, 1.82) is 0 Å². The van der Waals surface area contributed by atoms with Crippen LogP contribution in [0.15, 0.2) is 65.1 Å². The molecule has 0 aliphatic carbocycles. The quantitative estimate of drug-likeness (QED) is 0.195. The van der Waals surface area contributed by atoms with Crippen LogP contribution < -0.4 is 0 Å². The van der Waals surface area contributed by atoms with Gasteiger partial charge in [-0.1, -0.05) is 46.3 Å². The van der Waals surface area contributed by atoms with Crippen LogP contribution in [-0.4, -0.2) is 41.6 Å². The van der Waals surface area contributed by atoms with Crippen molar-refractivity contribution in [2.75, 3.05) is 20.3 Å². The topological polar surface area (TPSA) is 70.4 Å². The zero-order valence-electron chi connectivity index (χ0n) is 20.2. The monoisotopic (exact) mass is 534 g/mol. The molecule has 0 spiro atoms. The first-order valence-corrected chi connectivity index (χ1v) is 12.1. The van der Waals surface area contributed by atoms with E-state index in [1.54, 1.807) is 13.2 Å². The number of fused-ring (bicyclic) bond motifs is 1. The maximum atomic E-state index is 13.2. The molecule has 35 heavy (non-hydrogen) atoms. The lowest BCUT2D eigenvalue weighted by atomic mass is 10.0. The smallest absolute Gasteiger partial charge is 0.339 e. The highest BCUT2D eigenvalue weighted by molar-refractivity contribution is 9.10. The van der Waals surface area contributed by atoms with Gasteiger partial charge >= 0.3 is 5.97 Å². The molecular formula is C28H27BrN2O4. The first-order chi connectivity index (χ1) is 16.8. The number of hydrogen-bond donors (Lipinski definition) is 0. The molecule has 1 unspecified atom stereocenters. The Morgan fingerprint density at radius 1 is 1.03 bits per heavy atom. The Kier molecular flexibility index (Phi) is 7.48. The Balaban J connectivity index is 1.60. The van der Waals surface area contributed by atoms with Crippen molar-refractivity contribution in [3.63, 3.8) is 0 Å². The third kappa shape index (κ3) is 5.21. The summed E-state index contributed by atoms with van der Waals surface area (Å²) in [6.45, 7) is 6.08. The minimum Gasteiger partial charge on any atom is -0.454 e. The fourth-order valence-electron chi connectivity index (χ4n) is 4.48. The number of halogens is 1. The molecule has 0 bridgehead atoms. The van der Waals surface area contributed by atoms with Gasteiger partial charge in [-0.25, -0.2) is 9.78 Å². The molecule has 2 aromatic carbocycles. The Morgan fingerprint density at radius 2 is 1.80 bits per heavy atom. The third-order valence-corrected chi connectivity index (χ3v) is 6.52. The number of pyridine rings is 1. The van der Waals surface area contributed by atoms with E-state index in [4.69, 9.17) is 14.5 Å². The zero-order chi connectivity index (χ0) is 25.1. The third-order valence-electron chi connectivity index (χ3n) is 6.02. The lowest BCUT2D eigenvalue weighted by Gasteiger charge is -2.17. The Bertz CT molecular complexity index is 1410. The maximum Gasteiger partial charge on any atom is 0.339 e. The summed E-state index contributed by atoms with van der Waals surface area (Å²) in [6, 6.07) is 18.8. The fraction of sp³-hybridized carbons (Fsp3) is 0.250. The van der Waals surface area contributed by atoms with Gasteiger partial charge in [0, 0.05) is 39.5 Å². The van der Waals surface area contributed by atoms with Gasteiger partial charge in [-0.3, -0.25) is 4.79 Å². The fourth-order valence-corrected chi connectivity index (χ4v) is 4.88. The van der Waals surface area contributed by atoms with Gasteiger partial charge in [0.2, 0.25) is 5.78 Å². The zero-order valence-corrected chi connectivity index (χ0v) is 21.8. The van der Waals surface area contributed by atoms with Gasteiger partial charge in [0.15, 0.2) is 6.61 Å². The van der Waals surface area contributed by atoms with Crippen LogP contribution in [0.3, 0.4) is 0 Å². The molecule has 180 valence electrons. The average molecular weight is 535 g/mol. The number of Topliss-reactive ketones (excluding diaryl/α,β-unsaturated/α-hetero) is 1. The largest absolute Gasteiger partial charge is 0.454 e. The van der Waals surface area contributed by atoms with E-state index in [0.29, 0.717) is 34.3 Å². The number of benzene rings is 2. The van der Waals surface area contributed by atoms with Crippen LogP contribution in [0.5, 0.6) is 0 Å². The number of nitrogens with zero attached hydrogens (tertiary/aromatic N) is 2. The highest BCUT2D eigenvalue weighted by Crippen LogP contribution is 2.27. The van der Waals surface area contributed by atoms with Crippen molar-refractivity contribution in [2.45, 2.75) is 26.8 Å². The number of esters is 1. The highest BCUT2D eigenvalue weighted by Gasteiger charge is 2.21. The molecule has 1 atom stereocenters. The van der Waals surface area contributed by atoms with Crippen LogP contribution in [0.2, 0.25) is 0 Å². The standard InChI is InChI=1S/C28H27BrN2O4/c1-17-12-23(19(3)31(17)18(2)15-34-4)27(32)16-35-28(33)24-14-26(20-8-7-9-21(29)13-20)30-25-11-6-5-10-22(24)25/h5-14,18H,15-16H2,1-4H3. The van der Waals surface area contributed by atoms with Crippen molar-refractivity contribution < 1.29 is 19.1 Å². The molecule has 2 heterocycles. The van der Waals surface area contributed by atoms with E-state index in [9.17, 15) is 9.59 Å². The number of methoxy groups -OCH3 is 1. The molecule has 4 rings (SSSR count). The molecule has 7 heteroatoms. The number of para-hydroxylation sites is 1. The van der Waals surface area contributed by atoms with Gasteiger partial charge in [0.05, 0.1) is 29.4 Å². The van der Waals surface area contributed by atoms with Gasteiger partial charge in [-0.2, -0.15) is 0 Å².